The van der Waals surface area contributed by atoms with Crippen LogP contribution in [0.4, 0.5) is 5.69 Å². The number of Topliss-reactive ketones (excluding diaryl/α,β-unsaturated/α-hetero) is 12. The molecular weight excluding hydrogens is 1210 g/mol. The van der Waals surface area contributed by atoms with E-state index in [1.807, 2.05) is 13.8 Å². The Hall–Kier alpha value is -11.7. The van der Waals surface area contributed by atoms with Crippen LogP contribution in [0.5, 0.6) is 0 Å². The van der Waals surface area contributed by atoms with Crippen LogP contribution in [0.3, 0.4) is 0 Å². The zero-order valence-corrected chi connectivity index (χ0v) is 54.6. The predicted molar refractivity (Wildman–Crippen MR) is 352 cm³/mol. The summed E-state index contributed by atoms with van der Waals surface area (Å²) in [6, 6.07) is 33.5. The number of nitrogens with two attached hydrogens (primary N) is 1. The molecule has 0 spiro atoms. The van der Waals surface area contributed by atoms with Crippen LogP contribution < -0.4 is 5.73 Å². The van der Waals surface area contributed by atoms with E-state index >= 15 is 0 Å². The minimum atomic E-state index is -1.15. The van der Waals surface area contributed by atoms with Crippen molar-refractivity contribution in [3.63, 3.8) is 0 Å². The first kappa shape index (κ1) is 80.3. The fourth-order valence-electron chi connectivity index (χ4n) is 7.73. The smallest absolute Gasteiger partial charge is 0.335 e. The molecule has 0 radical (unpaired) electrons. The molecule has 0 saturated heterocycles. The molecule has 7 aromatic rings. The molecule has 0 aliphatic rings. The van der Waals surface area contributed by atoms with Gasteiger partial charge in [-0.15, -0.1) is 0 Å². The molecule has 490 valence electrons. The van der Waals surface area contributed by atoms with Gasteiger partial charge in [-0.05, 0) is 242 Å². The third kappa shape index (κ3) is 28.0. The largest absolute Gasteiger partial charge is 0.478 e. The number of carboxylic acids is 4. The number of aromatic carboxylic acids is 4. The Morgan fingerprint density at radius 3 is 0.564 bits per heavy atom. The third-order valence-electron chi connectivity index (χ3n) is 12.8. The van der Waals surface area contributed by atoms with Crippen molar-refractivity contribution >= 4 is 99.0 Å². The van der Waals surface area contributed by atoms with Gasteiger partial charge in [-0.25, -0.2) is 19.2 Å². The number of ketones is 12. The number of carboxylic acid groups (broad SMARTS) is 4. The number of aryl methyl sites for hydroxylation is 3. The van der Waals surface area contributed by atoms with E-state index in [9.17, 15) is 76.7 Å². The Morgan fingerprint density at radius 1 is 0.213 bits per heavy atom. The summed E-state index contributed by atoms with van der Waals surface area (Å²) < 4.78 is 0. The highest BCUT2D eigenvalue weighted by atomic mass is 16.4. The van der Waals surface area contributed by atoms with E-state index in [0.717, 1.165) is 16.7 Å². The van der Waals surface area contributed by atoms with E-state index < -0.39 is 23.9 Å². The van der Waals surface area contributed by atoms with Crippen LogP contribution >= 0.6 is 0 Å². The highest BCUT2D eigenvalue weighted by Gasteiger charge is 2.15. The molecule has 0 aliphatic carbocycles. The lowest BCUT2D eigenvalue weighted by Crippen LogP contribution is -2.04. The average Bonchev–Trinajstić information content (AvgIpc) is 0.985. The van der Waals surface area contributed by atoms with Crippen molar-refractivity contribution < 1.29 is 97.1 Å². The molecule has 0 amide bonds. The van der Waals surface area contributed by atoms with E-state index in [0.29, 0.717) is 55.6 Å². The molecule has 21 heteroatoms. The van der Waals surface area contributed by atoms with Gasteiger partial charge in [0.2, 0.25) is 0 Å². The van der Waals surface area contributed by atoms with Gasteiger partial charge in [0, 0.05) is 72.4 Å². The first-order chi connectivity index (χ1) is 43.4. The minimum absolute atomic E-state index is 0.00815. The summed E-state index contributed by atoms with van der Waals surface area (Å²) in [6.07, 6.45) is 0. The van der Waals surface area contributed by atoms with Crippen LogP contribution in [0.1, 0.15) is 266 Å². The zero-order valence-electron chi connectivity index (χ0n) is 54.6. The summed E-state index contributed by atoms with van der Waals surface area (Å²) in [4.78, 5) is 175. The van der Waals surface area contributed by atoms with E-state index in [1.54, 1.807) is 61.5 Å². The topological polar surface area (TPSA) is 380 Å². The first-order valence-corrected chi connectivity index (χ1v) is 28.2. The fourth-order valence-corrected chi connectivity index (χ4v) is 7.73. The van der Waals surface area contributed by atoms with Crippen molar-refractivity contribution in [3.05, 3.63) is 239 Å². The van der Waals surface area contributed by atoms with Crippen molar-refractivity contribution in [2.45, 2.75) is 104 Å². The molecule has 0 fully saturated rings. The molecule has 0 unspecified atom stereocenters. The zero-order chi connectivity index (χ0) is 72.3. The first-order valence-electron chi connectivity index (χ1n) is 28.2. The van der Waals surface area contributed by atoms with Gasteiger partial charge in [0.1, 0.15) is 0 Å². The van der Waals surface area contributed by atoms with E-state index in [4.69, 9.17) is 26.2 Å². The van der Waals surface area contributed by atoms with Crippen molar-refractivity contribution in [1.82, 2.24) is 0 Å². The lowest BCUT2D eigenvalue weighted by Gasteiger charge is -2.03. The monoisotopic (exact) mass is 1280 g/mol. The van der Waals surface area contributed by atoms with Gasteiger partial charge >= 0.3 is 23.9 Å². The van der Waals surface area contributed by atoms with Crippen molar-refractivity contribution in [1.29, 1.82) is 0 Å². The lowest BCUT2D eigenvalue weighted by atomic mass is 10.00. The van der Waals surface area contributed by atoms with E-state index in [-0.39, 0.29) is 108 Å². The summed E-state index contributed by atoms with van der Waals surface area (Å²) in [5, 5.41) is 34.7. The van der Waals surface area contributed by atoms with Crippen LogP contribution in [0.2, 0.25) is 0 Å². The number of nitrogen functional groups attached to an aromatic ring is 1. The number of hydrogen-bond acceptors (Lipinski definition) is 17. The summed E-state index contributed by atoms with van der Waals surface area (Å²) >= 11 is 0. The number of hydrogen-bond donors (Lipinski definition) is 5. The molecule has 0 heterocycles. The van der Waals surface area contributed by atoms with Gasteiger partial charge in [0.25, 0.3) is 0 Å². The predicted octanol–water partition coefficient (Wildman–Crippen LogP) is 13.5. The number of carbonyl (C=O) groups excluding carboxylic acids is 12. The van der Waals surface area contributed by atoms with Crippen molar-refractivity contribution in [2.75, 3.05) is 5.73 Å². The van der Waals surface area contributed by atoms with Crippen molar-refractivity contribution in [2.24, 2.45) is 0 Å². The maximum atomic E-state index is 11.2. The molecule has 7 aromatic carbocycles. The van der Waals surface area contributed by atoms with Crippen LogP contribution in [-0.4, -0.2) is 114 Å². The fraction of sp³-hybridized carbons (Fsp3) is 0.205. The van der Waals surface area contributed by atoms with E-state index in [1.165, 1.54) is 162 Å². The van der Waals surface area contributed by atoms with Gasteiger partial charge in [-0.3, -0.25) is 57.5 Å². The third-order valence-corrected chi connectivity index (χ3v) is 12.8. The Kier molecular flexibility index (Phi) is 32.0. The summed E-state index contributed by atoms with van der Waals surface area (Å²) in [6.45, 7) is 22.6. The molecule has 0 aliphatic heterocycles. The van der Waals surface area contributed by atoms with Crippen LogP contribution in [0.15, 0.2) is 133 Å². The quantitative estimate of drug-likeness (QED) is 0.0443. The second-order valence-corrected chi connectivity index (χ2v) is 21.2. The SMILES string of the molecule is CC(=O)c1cc(C(C)=O)cc(C(=O)O)c1.CC(=O)c1cc(C(C)=O)cc(C(C)=O)c1.CC(=O)c1cc(C)cc(C(=O)O)c1.CC(=O)c1cc(C)cc(C(C)=O)c1.CC(=O)c1cc(C)cc(C(C)=O)c1.CC(=O)c1cc(N)cc(C(=O)O)c1.CC(=O)c1cccc(C(=O)O)c1. The molecule has 0 atom stereocenters. The number of rotatable bonds is 16. The Morgan fingerprint density at radius 2 is 0.351 bits per heavy atom. The summed E-state index contributed by atoms with van der Waals surface area (Å²) in [5.74, 6) is -5.73. The number of carbonyl (C=O) groups is 16. The lowest BCUT2D eigenvalue weighted by molar-refractivity contribution is 0.0685. The molecule has 94 heavy (non-hydrogen) atoms. The molecule has 0 bridgehead atoms. The van der Waals surface area contributed by atoms with Gasteiger partial charge in [-0.1, -0.05) is 12.1 Å². The van der Waals surface area contributed by atoms with Crippen LogP contribution in [-0.2, 0) is 0 Å². The highest BCUT2D eigenvalue weighted by Crippen LogP contribution is 2.17. The molecule has 0 aromatic heterocycles. The van der Waals surface area contributed by atoms with Crippen LogP contribution in [0, 0.1) is 20.8 Å². The minimum Gasteiger partial charge on any atom is -0.478 e. The molecule has 6 N–H and O–H groups in total. The summed E-state index contributed by atoms with van der Waals surface area (Å²) in [7, 11) is 0. The molecule has 21 nitrogen and oxygen atoms in total. The normalized spacial score (nSPS) is 9.69. The molecule has 7 rings (SSSR count). The maximum Gasteiger partial charge on any atom is 0.335 e. The van der Waals surface area contributed by atoms with E-state index in [2.05, 4.69) is 0 Å². The van der Waals surface area contributed by atoms with Gasteiger partial charge in [0.15, 0.2) is 69.4 Å². The Labute approximate surface area is 542 Å². The standard InChI is InChI=1S/C12H12O3.C11H10O4.2C11H12O2.C10H10O3.C9H9NO3.C9H8O3/c1-7(13)10-4-11(8(2)14)6-12(5-10)9(3)15;1-6(12)8-3-9(7(2)13)5-10(4-8)11(14)15;2*1-7-4-10(8(2)12)6-11(5-7)9(3)13;1-6-3-8(7(2)11)5-9(4-6)10(12)13;1-5(11)6-2-7(9(12)13)4-8(10)3-6;1-6(10)7-3-2-4-8(5-7)9(11)12/h4-6H,1-3H3;3-5H,1-2H3,(H,14,15);2*4-6H,1-3H3;3-5H,1-2H3,(H,12,13);2-4H,10H2,1H3,(H,12,13);2-5H,1H3,(H,11,12). The molecule has 0 saturated carbocycles. The Balaban J connectivity index is 0.000000549. The van der Waals surface area contributed by atoms with Gasteiger partial charge in [0.05, 0.1) is 22.3 Å². The Bertz CT molecular complexity index is 3480. The summed E-state index contributed by atoms with van der Waals surface area (Å²) in [5.41, 5.74) is 13.9. The number of anilines is 1. The van der Waals surface area contributed by atoms with Gasteiger partial charge in [-0.2, -0.15) is 0 Å². The maximum absolute atomic E-state index is 11.2. The second-order valence-electron chi connectivity index (χ2n) is 21.2. The number of benzene rings is 7. The van der Waals surface area contributed by atoms with Crippen LogP contribution in [0.25, 0.3) is 0 Å². The average molecular weight is 1280 g/mol. The highest BCUT2D eigenvalue weighted by molar-refractivity contribution is 6.06. The molecular formula is C73H73NO20. The second kappa shape index (κ2) is 37.4. The van der Waals surface area contributed by atoms with Gasteiger partial charge < -0.3 is 26.2 Å². The van der Waals surface area contributed by atoms with Crippen molar-refractivity contribution in [3.8, 4) is 0 Å².